The molecule has 0 saturated carbocycles. The van der Waals surface area contributed by atoms with Crippen LogP contribution in [0.1, 0.15) is 31.9 Å². The fraction of sp³-hybridized carbons (Fsp3) is 0.167. The molecule has 8 rings (SSSR count). The molecular weight excluding hydrogens is 700 g/mol. The SMILES string of the molecule is CC(C)(C)c1ccnc(-n2c3[c-]c(Oc4[c-]c5c(cc4)CCn4c-5nc5ccccc54)ccc3c3ccccc32)c1.[Pt+2]. The Hall–Kier alpha value is -4.21. The zero-order valence-electron chi connectivity index (χ0n) is 23.6. The summed E-state index contributed by atoms with van der Waals surface area (Å²) in [7, 11) is 0. The molecule has 4 aromatic carbocycles. The second-order valence-electron chi connectivity index (χ2n) is 11.7. The van der Waals surface area contributed by atoms with Crippen molar-refractivity contribution >= 4 is 32.8 Å². The normalized spacial score (nSPS) is 12.7. The maximum Gasteiger partial charge on any atom is 2.00 e. The Morgan fingerprint density at radius 3 is 2.43 bits per heavy atom. The molecule has 42 heavy (non-hydrogen) atoms. The van der Waals surface area contributed by atoms with Crippen molar-refractivity contribution in [2.75, 3.05) is 0 Å². The van der Waals surface area contributed by atoms with E-state index in [-0.39, 0.29) is 26.5 Å². The minimum atomic E-state index is 0. The van der Waals surface area contributed by atoms with E-state index in [9.17, 15) is 0 Å². The van der Waals surface area contributed by atoms with E-state index in [1.165, 1.54) is 11.1 Å². The van der Waals surface area contributed by atoms with E-state index in [1.54, 1.807) is 0 Å². The summed E-state index contributed by atoms with van der Waals surface area (Å²) in [4.78, 5) is 9.72. The molecule has 0 amide bonds. The van der Waals surface area contributed by atoms with Gasteiger partial charge in [-0.3, -0.25) is 4.98 Å². The summed E-state index contributed by atoms with van der Waals surface area (Å²) in [6.07, 6.45) is 2.84. The monoisotopic (exact) mass is 727 g/mol. The van der Waals surface area contributed by atoms with Crippen molar-refractivity contribution < 1.29 is 25.8 Å². The van der Waals surface area contributed by atoms with Crippen molar-refractivity contribution in [3.63, 3.8) is 0 Å². The summed E-state index contributed by atoms with van der Waals surface area (Å²) >= 11 is 0. The van der Waals surface area contributed by atoms with Crippen molar-refractivity contribution in [3.05, 3.63) is 114 Å². The Morgan fingerprint density at radius 1 is 0.810 bits per heavy atom. The van der Waals surface area contributed by atoms with E-state index in [1.807, 2.05) is 24.4 Å². The van der Waals surface area contributed by atoms with E-state index in [2.05, 4.69) is 109 Å². The van der Waals surface area contributed by atoms with Crippen LogP contribution in [0.25, 0.3) is 50.0 Å². The molecule has 0 radical (unpaired) electrons. The van der Waals surface area contributed by atoms with Gasteiger partial charge in [-0.2, -0.15) is 6.07 Å². The molecule has 0 N–H and O–H groups in total. The van der Waals surface area contributed by atoms with Crippen LogP contribution in [-0.4, -0.2) is 19.1 Å². The molecule has 5 nitrogen and oxygen atoms in total. The maximum atomic E-state index is 6.42. The Balaban J connectivity index is 0.00000288. The molecule has 0 atom stereocenters. The van der Waals surface area contributed by atoms with Crippen molar-refractivity contribution in [1.82, 2.24) is 19.1 Å². The van der Waals surface area contributed by atoms with Gasteiger partial charge < -0.3 is 13.9 Å². The first-order valence-corrected chi connectivity index (χ1v) is 14.1. The Morgan fingerprint density at radius 2 is 1.57 bits per heavy atom. The molecule has 0 aliphatic carbocycles. The number of ether oxygens (including phenoxy) is 1. The van der Waals surface area contributed by atoms with Crippen molar-refractivity contribution in [1.29, 1.82) is 0 Å². The summed E-state index contributed by atoms with van der Waals surface area (Å²) < 4.78 is 10.9. The fourth-order valence-corrected chi connectivity index (χ4v) is 5.99. The zero-order valence-corrected chi connectivity index (χ0v) is 25.9. The van der Waals surface area contributed by atoms with Gasteiger partial charge in [-0.1, -0.05) is 62.7 Å². The topological polar surface area (TPSA) is 44.9 Å². The van der Waals surface area contributed by atoms with E-state index in [0.29, 0.717) is 11.5 Å². The van der Waals surface area contributed by atoms with Crippen LogP contribution in [0.4, 0.5) is 0 Å². The molecule has 0 fully saturated rings. The van der Waals surface area contributed by atoms with Gasteiger partial charge >= 0.3 is 21.1 Å². The van der Waals surface area contributed by atoms with Gasteiger partial charge in [-0.25, -0.2) is 4.98 Å². The molecule has 1 aliphatic heterocycles. The van der Waals surface area contributed by atoms with E-state index < -0.39 is 0 Å². The second kappa shape index (κ2) is 9.96. The van der Waals surface area contributed by atoms with Crippen molar-refractivity contribution in [2.45, 2.75) is 39.2 Å². The summed E-state index contributed by atoms with van der Waals surface area (Å²) in [5.41, 5.74) is 7.67. The first-order valence-electron chi connectivity index (χ1n) is 14.1. The van der Waals surface area contributed by atoms with Crippen LogP contribution in [0.3, 0.4) is 0 Å². The van der Waals surface area contributed by atoms with Crippen molar-refractivity contribution in [3.8, 4) is 28.7 Å². The van der Waals surface area contributed by atoms with Gasteiger partial charge in [0, 0.05) is 29.8 Å². The number of pyridine rings is 1. The summed E-state index contributed by atoms with van der Waals surface area (Å²) in [6.45, 7) is 7.58. The van der Waals surface area contributed by atoms with E-state index in [0.717, 1.165) is 63.0 Å². The molecule has 7 aromatic rings. The molecule has 3 aromatic heterocycles. The Bertz CT molecular complexity index is 2130. The minimum absolute atomic E-state index is 0. The molecular formula is C36H28N4OPt. The molecule has 0 unspecified atom stereocenters. The van der Waals surface area contributed by atoms with Crippen LogP contribution in [0.2, 0.25) is 0 Å². The molecule has 0 spiro atoms. The Labute approximate surface area is 259 Å². The zero-order chi connectivity index (χ0) is 27.7. The van der Waals surface area contributed by atoms with Crippen LogP contribution in [0.15, 0.2) is 91.1 Å². The molecule has 0 saturated heterocycles. The predicted octanol–water partition coefficient (Wildman–Crippen LogP) is 8.44. The number of imidazole rings is 1. The van der Waals surface area contributed by atoms with Gasteiger partial charge in [-0.05, 0) is 53.1 Å². The molecule has 1 aliphatic rings. The van der Waals surface area contributed by atoms with Crippen LogP contribution >= 0.6 is 0 Å². The van der Waals surface area contributed by atoms with Crippen LogP contribution < -0.4 is 4.74 Å². The minimum Gasteiger partial charge on any atom is -0.503 e. The van der Waals surface area contributed by atoms with Gasteiger partial charge in [0.15, 0.2) is 0 Å². The first kappa shape index (κ1) is 26.7. The number of hydrogen-bond acceptors (Lipinski definition) is 3. The predicted molar refractivity (Wildman–Crippen MR) is 164 cm³/mol. The van der Waals surface area contributed by atoms with Gasteiger partial charge in [0.1, 0.15) is 5.82 Å². The molecule has 6 heteroatoms. The van der Waals surface area contributed by atoms with E-state index >= 15 is 0 Å². The molecule has 0 bridgehead atoms. The van der Waals surface area contributed by atoms with Gasteiger partial charge in [0.05, 0.1) is 16.9 Å². The average Bonchev–Trinajstić information content (AvgIpc) is 3.53. The number of nitrogens with zero attached hydrogens (tertiary/aromatic N) is 4. The van der Waals surface area contributed by atoms with Gasteiger partial charge in [0.2, 0.25) is 0 Å². The number of aryl methyl sites for hydroxylation is 2. The smallest absolute Gasteiger partial charge is 0.503 e. The number of hydrogen-bond donors (Lipinski definition) is 0. The third-order valence-corrected chi connectivity index (χ3v) is 8.11. The third kappa shape index (κ3) is 4.26. The molecule has 208 valence electrons. The van der Waals surface area contributed by atoms with E-state index in [4.69, 9.17) is 14.7 Å². The summed E-state index contributed by atoms with van der Waals surface area (Å²) in [6, 6.07) is 36.3. The quantitative estimate of drug-likeness (QED) is 0.172. The van der Waals surface area contributed by atoms with Crippen LogP contribution in [0.5, 0.6) is 11.5 Å². The number of benzene rings is 4. The van der Waals surface area contributed by atoms with Gasteiger partial charge in [-0.15, -0.1) is 40.8 Å². The first-order chi connectivity index (χ1) is 19.9. The number of para-hydroxylation sites is 3. The standard InChI is InChI=1S/C36H28N4O.Pt/c1-36(2,3)24-16-18-37-34(20-24)40-31-10-6-4-8-27(31)28-15-14-26(22-33(28)40)41-25-13-12-23-17-19-39-32-11-7-5-9-30(32)38-35(39)29(23)21-25;/h4-16,18,20H,17,19H2,1-3H3;/q-2;+2. The second-order valence-corrected chi connectivity index (χ2v) is 11.7. The largest absolute Gasteiger partial charge is 2.00 e. The molecule has 4 heterocycles. The summed E-state index contributed by atoms with van der Waals surface area (Å²) in [5.74, 6) is 3.10. The maximum absolute atomic E-state index is 6.42. The van der Waals surface area contributed by atoms with Crippen LogP contribution in [-0.2, 0) is 39.4 Å². The van der Waals surface area contributed by atoms with Crippen LogP contribution in [0, 0.1) is 12.1 Å². The number of rotatable bonds is 3. The fourth-order valence-electron chi connectivity index (χ4n) is 5.99. The third-order valence-electron chi connectivity index (χ3n) is 8.11. The van der Waals surface area contributed by atoms with Gasteiger partial charge in [0.25, 0.3) is 0 Å². The Kier molecular flexibility index (Phi) is 6.32. The summed E-state index contributed by atoms with van der Waals surface area (Å²) in [5, 5.41) is 2.27. The van der Waals surface area contributed by atoms with Crippen molar-refractivity contribution in [2.24, 2.45) is 0 Å². The average molecular weight is 728 g/mol. The number of aromatic nitrogens is 4. The number of fused-ring (bicyclic) bond motifs is 8.